The van der Waals surface area contributed by atoms with Crippen molar-refractivity contribution < 1.29 is 4.74 Å². The van der Waals surface area contributed by atoms with Crippen molar-refractivity contribution in [3.63, 3.8) is 0 Å². The predicted molar refractivity (Wildman–Crippen MR) is 76.4 cm³/mol. The van der Waals surface area contributed by atoms with Crippen LogP contribution in [0.5, 0.6) is 0 Å². The van der Waals surface area contributed by atoms with Crippen molar-refractivity contribution in [1.29, 1.82) is 0 Å². The molecule has 2 N–H and O–H groups in total. The van der Waals surface area contributed by atoms with E-state index in [0.29, 0.717) is 35.3 Å². The summed E-state index contributed by atoms with van der Waals surface area (Å²) in [6.45, 7) is 3.53. The Morgan fingerprint density at radius 3 is 2.80 bits per heavy atom. The van der Waals surface area contributed by atoms with Crippen molar-refractivity contribution in [2.75, 3.05) is 18.9 Å². The number of nitrogens with two attached hydrogens (primary N) is 1. The van der Waals surface area contributed by atoms with Gasteiger partial charge in [0.15, 0.2) is 5.82 Å². The quantitative estimate of drug-likeness (QED) is 0.858. The van der Waals surface area contributed by atoms with E-state index in [9.17, 15) is 0 Å². The maximum absolute atomic E-state index is 6.26. The minimum Gasteiger partial charge on any atom is -0.398 e. The summed E-state index contributed by atoms with van der Waals surface area (Å²) in [5.41, 5.74) is 7.12. The van der Waals surface area contributed by atoms with Crippen molar-refractivity contribution in [3.05, 3.63) is 23.2 Å². The number of ether oxygens (including phenoxy) is 1. The third-order valence-electron chi connectivity index (χ3n) is 3.82. The van der Waals surface area contributed by atoms with Crippen LogP contribution in [0, 0.1) is 0 Å². The molecule has 106 valence electrons. The molecule has 0 spiro atoms. The number of aromatic nitrogens is 4. The molecule has 1 aromatic carbocycles. The van der Waals surface area contributed by atoms with Crippen LogP contribution in [0.25, 0.3) is 11.4 Å². The molecular weight excluding hydrogens is 278 g/mol. The van der Waals surface area contributed by atoms with Crippen molar-refractivity contribution in [2.24, 2.45) is 0 Å². The highest BCUT2D eigenvalue weighted by molar-refractivity contribution is 6.33. The first-order valence-corrected chi connectivity index (χ1v) is 6.90. The summed E-state index contributed by atoms with van der Waals surface area (Å²) >= 11 is 6.26. The van der Waals surface area contributed by atoms with Crippen molar-refractivity contribution in [1.82, 2.24) is 20.2 Å². The fourth-order valence-corrected chi connectivity index (χ4v) is 2.77. The van der Waals surface area contributed by atoms with Gasteiger partial charge >= 0.3 is 0 Å². The maximum atomic E-state index is 6.26. The normalized spacial score (nSPS) is 18.1. The number of hydrogen-bond donors (Lipinski definition) is 1. The molecule has 0 atom stereocenters. The largest absolute Gasteiger partial charge is 0.398 e. The summed E-state index contributed by atoms with van der Waals surface area (Å²) < 4.78 is 7.25. The summed E-state index contributed by atoms with van der Waals surface area (Å²) in [6, 6.07) is 5.40. The van der Waals surface area contributed by atoms with Crippen LogP contribution in [0.15, 0.2) is 18.2 Å². The van der Waals surface area contributed by atoms with Crippen LogP contribution in [0.4, 0.5) is 5.69 Å². The number of halogens is 1. The van der Waals surface area contributed by atoms with Gasteiger partial charge in [0.25, 0.3) is 0 Å². The summed E-state index contributed by atoms with van der Waals surface area (Å²) in [5, 5.41) is 12.6. The Bertz CT molecular complexity index is 601. The van der Waals surface area contributed by atoms with Crippen LogP contribution in [-0.4, -0.2) is 33.4 Å². The van der Waals surface area contributed by atoms with Gasteiger partial charge in [0, 0.05) is 18.9 Å². The Kier molecular flexibility index (Phi) is 3.35. The molecule has 1 saturated heterocycles. The Morgan fingerprint density at radius 1 is 1.35 bits per heavy atom. The molecule has 0 bridgehead atoms. The van der Waals surface area contributed by atoms with Crippen molar-refractivity contribution in [3.8, 4) is 11.4 Å². The van der Waals surface area contributed by atoms with Crippen LogP contribution < -0.4 is 5.73 Å². The molecule has 0 amide bonds. The molecular formula is C13H16ClN5O. The lowest BCUT2D eigenvalue weighted by Gasteiger charge is -2.34. The molecule has 1 aromatic heterocycles. The van der Waals surface area contributed by atoms with Crippen LogP contribution in [0.3, 0.4) is 0 Å². The summed E-state index contributed by atoms with van der Waals surface area (Å²) in [7, 11) is 0. The highest BCUT2D eigenvalue weighted by atomic mass is 35.5. The SMILES string of the molecule is CC1(n2nnnc2-c2c(N)cccc2Cl)CCOCC1. The smallest absolute Gasteiger partial charge is 0.186 e. The Hall–Kier alpha value is -1.66. The minimum atomic E-state index is -0.178. The van der Waals surface area contributed by atoms with Gasteiger partial charge < -0.3 is 10.5 Å². The first-order valence-electron chi connectivity index (χ1n) is 6.53. The van der Waals surface area contributed by atoms with E-state index < -0.39 is 0 Å². The van der Waals surface area contributed by atoms with E-state index in [0.717, 1.165) is 12.8 Å². The fraction of sp³-hybridized carbons (Fsp3) is 0.462. The van der Waals surface area contributed by atoms with Gasteiger partial charge in [-0.1, -0.05) is 17.7 Å². The first kappa shape index (κ1) is 13.3. The van der Waals surface area contributed by atoms with Gasteiger partial charge in [0.1, 0.15) is 0 Å². The number of anilines is 1. The second kappa shape index (κ2) is 5.03. The second-order valence-corrected chi connectivity index (χ2v) is 5.63. The second-order valence-electron chi connectivity index (χ2n) is 5.23. The molecule has 3 rings (SSSR count). The minimum absolute atomic E-state index is 0.178. The van der Waals surface area contributed by atoms with Gasteiger partial charge in [-0.25, -0.2) is 4.68 Å². The Morgan fingerprint density at radius 2 is 2.10 bits per heavy atom. The van der Waals surface area contributed by atoms with Crippen molar-refractivity contribution in [2.45, 2.75) is 25.3 Å². The van der Waals surface area contributed by atoms with Gasteiger partial charge in [-0.2, -0.15) is 0 Å². The molecule has 0 unspecified atom stereocenters. The van der Waals surface area contributed by atoms with E-state index in [1.54, 1.807) is 12.1 Å². The van der Waals surface area contributed by atoms with E-state index in [4.69, 9.17) is 22.1 Å². The molecule has 0 saturated carbocycles. The molecule has 1 aliphatic rings. The molecule has 1 aliphatic heterocycles. The summed E-state index contributed by atoms with van der Waals surface area (Å²) in [6.07, 6.45) is 1.71. The number of nitrogen functional groups attached to an aromatic ring is 1. The zero-order valence-electron chi connectivity index (χ0n) is 11.2. The number of benzene rings is 1. The average Bonchev–Trinajstić information content (AvgIpc) is 2.89. The van der Waals surface area contributed by atoms with E-state index >= 15 is 0 Å². The van der Waals surface area contributed by atoms with Gasteiger partial charge in [-0.3, -0.25) is 0 Å². The predicted octanol–water partition coefficient (Wildman–Crippen LogP) is 2.10. The fourth-order valence-electron chi connectivity index (χ4n) is 2.51. The van der Waals surface area contributed by atoms with E-state index in [2.05, 4.69) is 22.4 Å². The third-order valence-corrected chi connectivity index (χ3v) is 4.14. The number of nitrogens with zero attached hydrogens (tertiary/aromatic N) is 4. The third kappa shape index (κ3) is 2.14. The summed E-state index contributed by atoms with van der Waals surface area (Å²) in [5.74, 6) is 0.609. The van der Waals surface area contributed by atoms with Gasteiger partial charge in [0.05, 0.1) is 16.1 Å². The average molecular weight is 294 g/mol. The van der Waals surface area contributed by atoms with E-state index in [1.165, 1.54) is 0 Å². The van der Waals surface area contributed by atoms with E-state index in [1.807, 2.05) is 10.7 Å². The lowest BCUT2D eigenvalue weighted by Crippen LogP contribution is -2.38. The standard InChI is InChI=1S/C13H16ClN5O/c1-13(5-7-20-8-6-13)19-12(16-17-18-19)11-9(14)3-2-4-10(11)15/h2-4H,5-8,15H2,1H3. The monoisotopic (exact) mass is 293 g/mol. The van der Waals surface area contributed by atoms with Gasteiger partial charge in [-0.15, -0.1) is 5.10 Å². The maximum Gasteiger partial charge on any atom is 0.186 e. The molecule has 2 aromatic rings. The molecule has 2 heterocycles. The Labute approximate surface area is 121 Å². The van der Waals surface area contributed by atoms with Crippen LogP contribution >= 0.6 is 11.6 Å². The molecule has 0 aliphatic carbocycles. The number of tetrazole rings is 1. The van der Waals surface area contributed by atoms with Gasteiger partial charge in [-0.05, 0) is 42.3 Å². The zero-order chi connectivity index (χ0) is 14.2. The molecule has 6 nitrogen and oxygen atoms in total. The number of rotatable bonds is 2. The topological polar surface area (TPSA) is 78.9 Å². The van der Waals surface area contributed by atoms with Crippen molar-refractivity contribution >= 4 is 17.3 Å². The van der Waals surface area contributed by atoms with Crippen LogP contribution in [0.1, 0.15) is 19.8 Å². The molecule has 7 heteroatoms. The highest BCUT2D eigenvalue weighted by Crippen LogP contribution is 2.36. The van der Waals surface area contributed by atoms with Crippen LogP contribution in [0.2, 0.25) is 5.02 Å². The van der Waals surface area contributed by atoms with Gasteiger partial charge in [0.2, 0.25) is 0 Å². The Balaban J connectivity index is 2.11. The molecule has 1 fully saturated rings. The highest BCUT2D eigenvalue weighted by Gasteiger charge is 2.34. The number of hydrogen-bond acceptors (Lipinski definition) is 5. The molecule has 20 heavy (non-hydrogen) atoms. The van der Waals surface area contributed by atoms with E-state index in [-0.39, 0.29) is 5.54 Å². The van der Waals surface area contributed by atoms with Crippen LogP contribution in [-0.2, 0) is 10.3 Å². The summed E-state index contributed by atoms with van der Waals surface area (Å²) in [4.78, 5) is 0. The lowest BCUT2D eigenvalue weighted by atomic mass is 9.92. The first-order chi connectivity index (χ1) is 9.62. The zero-order valence-corrected chi connectivity index (χ0v) is 12.0. The lowest BCUT2D eigenvalue weighted by molar-refractivity contribution is 0.0240. The molecule has 0 radical (unpaired) electrons.